The van der Waals surface area contributed by atoms with E-state index in [1.54, 1.807) is 30.3 Å². The second kappa shape index (κ2) is 13.4. The number of esters is 1. The first-order valence-electron chi connectivity index (χ1n) is 14.2. The number of anilines is 1. The summed E-state index contributed by atoms with van der Waals surface area (Å²) >= 11 is 0. The smallest absolute Gasteiger partial charge is 0.343 e. The Bertz CT molecular complexity index is 1800. The number of benzene rings is 5. The van der Waals surface area contributed by atoms with E-state index in [1.165, 1.54) is 0 Å². The van der Waals surface area contributed by atoms with Crippen LogP contribution in [0.5, 0.6) is 23.0 Å². The molecule has 1 aromatic heterocycles. The number of carbonyl (C=O) groups excluding carboxylic acids is 1. The Morgan fingerprint density at radius 1 is 0.568 bits per heavy atom. The van der Waals surface area contributed by atoms with Gasteiger partial charge in [0.1, 0.15) is 31.2 Å². The van der Waals surface area contributed by atoms with E-state index in [4.69, 9.17) is 24.7 Å². The van der Waals surface area contributed by atoms with Crippen LogP contribution in [0.3, 0.4) is 0 Å². The minimum Gasteiger partial charge on any atom is -0.485 e. The summed E-state index contributed by atoms with van der Waals surface area (Å²) in [7, 11) is 0. The highest BCUT2D eigenvalue weighted by Gasteiger charge is 2.22. The molecule has 7 heteroatoms. The number of aromatic nitrogens is 1. The molecular weight excluding hydrogens is 552 g/mol. The van der Waals surface area contributed by atoms with Gasteiger partial charge in [-0.15, -0.1) is 0 Å². The molecule has 0 aliphatic heterocycles. The summed E-state index contributed by atoms with van der Waals surface area (Å²) in [5, 5.41) is 0.799. The van der Waals surface area contributed by atoms with Crippen LogP contribution in [0.2, 0.25) is 0 Å². The lowest BCUT2D eigenvalue weighted by atomic mass is 10.1. The lowest BCUT2D eigenvalue weighted by Gasteiger charge is -2.19. The van der Waals surface area contributed by atoms with Crippen LogP contribution in [0.1, 0.15) is 27.0 Å². The third kappa shape index (κ3) is 6.97. The molecule has 218 valence electrons. The normalized spacial score (nSPS) is 10.7. The zero-order chi connectivity index (χ0) is 30.1. The summed E-state index contributed by atoms with van der Waals surface area (Å²) in [4.78, 5) is 18.0. The fraction of sp³-hybridized carbons (Fsp3) is 0.0811. The lowest BCUT2D eigenvalue weighted by molar-refractivity contribution is 0.0735. The molecule has 0 spiro atoms. The molecule has 0 atom stereocenters. The van der Waals surface area contributed by atoms with Crippen LogP contribution in [0.15, 0.2) is 133 Å². The van der Waals surface area contributed by atoms with Crippen LogP contribution in [0.4, 0.5) is 5.82 Å². The van der Waals surface area contributed by atoms with Gasteiger partial charge in [-0.1, -0.05) is 103 Å². The second-order valence-corrected chi connectivity index (χ2v) is 10.1. The summed E-state index contributed by atoms with van der Waals surface area (Å²) in [5.41, 5.74) is 9.53. The third-order valence-electron chi connectivity index (χ3n) is 6.86. The fourth-order valence-corrected chi connectivity index (χ4v) is 4.63. The topological polar surface area (TPSA) is 92.9 Å². The molecular formula is C37H30N2O5. The molecule has 2 N–H and O–H groups in total. The van der Waals surface area contributed by atoms with Crippen molar-refractivity contribution in [3.63, 3.8) is 0 Å². The van der Waals surface area contributed by atoms with E-state index in [2.05, 4.69) is 4.98 Å². The number of hydrogen-bond donors (Lipinski definition) is 1. The average Bonchev–Trinajstić information content (AvgIpc) is 3.07. The van der Waals surface area contributed by atoms with E-state index in [0.29, 0.717) is 34.3 Å². The van der Waals surface area contributed by atoms with Gasteiger partial charge in [0.05, 0.1) is 5.56 Å². The van der Waals surface area contributed by atoms with Crippen molar-refractivity contribution in [3.05, 3.63) is 156 Å². The first-order valence-corrected chi connectivity index (χ1v) is 14.2. The summed E-state index contributed by atoms with van der Waals surface area (Å²) in [6.07, 6.45) is 0. The van der Waals surface area contributed by atoms with Gasteiger partial charge in [-0.2, -0.15) is 0 Å². The van der Waals surface area contributed by atoms with Crippen LogP contribution in [0, 0.1) is 0 Å². The quantitative estimate of drug-likeness (QED) is 0.123. The second-order valence-electron chi connectivity index (χ2n) is 10.1. The van der Waals surface area contributed by atoms with E-state index in [-0.39, 0.29) is 25.4 Å². The maximum Gasteiger partial charge on any atom is 0.343 e. The van der Waals surface area contributed by atoms with Crippen molar-refractivity contribution in [2.24, 2.45) is 0 Å². The first-order chi connectivity index (χ1) is 21.6. The minimum absolute atomic E-state index is 0.226. The van der Waals surface area contributed by atoms with Crippen molar-refractivity contribution >= 4 is 22.7 Å². The number of nitrogen functional groups attached to an aromatic ring is 1. The van der Waals surface area contributed by atoms with Gasteiger partial charge >= 0.3 is 5.97 Å². The van der Waals surface area contributed by atoms with Gasteiger partial charge in [0.25, 0.3) is 0 Å². The Hall–Kier alpha value is -5.82. The molecule has 1 heterocycles. The number of pyridine rings is 1. The Balaban J connectivity index is 1.37. The molecule has 7 nitrogen and oxygen atoms in total. The number of para-hydroxylation sites is 1. The van der Waals surface area contributed by atoms with Gasteiger partial charge in [-0.25, -0.2) is 9.78 Å². The molecule has 0 saturated carbocycles. The number of hydrogen-bond acceptors (Lipinski definition) is 7. The van der Waals surface area contributed by atoms with Gasteiger partial charge in [-0.3, -0.25) is 0 Å². The number of fused-ring (bicyclic) bond motifs is 1. The third-order valence-corrected chi connectivity index (χ3v) is 6.86. The molecule has 0 aliphatic carbocycles. The van der Waals surface area contributed by atoms with E-state index >= 15 is 0 Å². The van der Waals surface area contributed by atoms with Crippen molar-refractivity contribution in [1.29, 1.82) is 0 Å². The van der Waals surface area contributed by atoms with E-state index in [0.717, 1.165) is 22.1 Å². The highest BCUT2D eigenvalue weighted by atomic mass is 16.5. The molecule has 5 aromatic carbocycles. The molecule has 6 aromatic rings. The number of nitrogens with two attached hydrogens (primary N) is 1. The summed E-state index contributed by atoms with van der Waals surface area (Å²) in [6, 6.07) is 41.5. The van der Waals surface area contributed by atoms with Gasteiger partial charge in [0.2, 0.25) is 5.75 Å². The number of ether oxygens (including phenoxy) is 4. The predicted molar refractivity (Wildman–Crippen MR) is 170 cm³/mol. The van der Waals surface area contributed by atoms with Gasteiger partial charge < -0.3 is 24.7 Å². The Morgan fingerprint density at radius 2 is 1.09 bits per heavy atom. The molecule has 0 saturated heterocycles. The number of nitrogens with zero attached hydrogens (tertiary/aromatic N) is 1. The SMILES string of the molecule is Nc1ccc2cccc(OC(=O)c3cc(OCc4ccccc4)c(OCc4ccccc4)c(OCc4ccccc4)c3)c2n1. The monoisotopic (exact) mass is 582 g/mol. The van der Waals surface area contributed by atoms with Crippen LogP contribution in [-0.4, -0.2) is 11.0 Å². The maximum absolute atomic E-state index is 13.7. The van der Waals surface area contributed by atoms with Crippen molar-refractivity contribution < 1.29 is 23.7 Å². The highest BCUT2D eigenvalue weighted by Crippen LogP contribution is 2.41. The van der Waals surface area contributed by atoms with E-state index < -0.39 is 5.97 Å². The van der Waals surface area contributed by atoms with Crippen LogP contribution >= 0.6 is 0 Å². The molecule has 0 bridgehead atoms. The van der Waals surface area contributed by atoms with Crippen molar-refractivity contribution in [1.82, 2.24) is 4.98 Å². The van der Waals surface area contributed by atoms with Gasteiger partial charge in [0.15, 0.2) is 17.2 Å². The standard InChI is InChI=1S/C37H30N2O5/c38-34-20-19-29-17-10-18-31(35(29)39-34)44-37(40)30-21-32(41-23-26-11-4-1-5-12-26)36(43-25-28-15-8-3-9-16-28)33(22-30)42-24-27-13-6-2-7-14-27/h1-22H,23-25H2,(H2,38,39). The average molecular weight is 583 g/mol. The largest absolute Gasteiger partial charge is 0.485 e. The highest BCUT2D eigenvalue weighted by molar-refractivity contribution is 5.95. The maximum atomic E-state index is 13.7. The molecule has 6 rings (SSSR count). The lowest BCUT2D eigenvalue weighted by Crippen LogP contribution is -2.11. The molecule has 0 radical (unpaired) electrons. The van der Waals surface area contributed by atoms with E-state index in [1.807, 2.05) is 103 Å². The summed E-state index contributed by atoms with van der Waals surface area (Å²) < 4.78 is 24.8. The van der Waals surface area contributed by atoms with Crippen molar-refractivity contribution in [3.8, 4) is 23.0 Å². The summed E-state index contributed by atoms with van der Waals surface area (Å²) in [6.45, 7) is 0.786. The summed E-state index contributed by atoms with van der Waals surface area (Å²) in [5.74, 6) is 1.10. The van der Waals surface area contributed by atoms with Crippen LogP contribution in [0.25, 0.3) is 10.9 Å². The van der Waals surface area contributed by atoms with Crippen LogP contribution < -0.4 is 24.7 Å². The van der Waals surface area contributed by atoms with Gasteiger partial charge in [0, 0.05) is 5.39 Å². The molecule has 0 fully saturated rings. The molecule has 44 heavy (non-hydrogen) atoms. The Morgan fingerprint density at radius 3 is 1.64 bits per heavy atom. The molecule has 0 amide bonds. The minimum atomic E-state index is -0.606. The van der Waals surface area contributed by atoms with E-state index in [9.17, 15) is 4.79 Å². The molecule has 0 aliphatic rings. The fourth-order valence-electron chi connectivity index (χ4n) is 4.63. The zero-order valence-corrected chi connectivity index (χ0v) is 23.9. The van der Waals surface area contributed by atoms with Crippen molar-refractivity contribution in [2.45, 2.75) is 19.8 Å². The Labute approximate surface area is 255 Å². The molecule has 0 unspecified atom stereocenters. The van der Waals surface area contributed by atoms with Crippen molar-refractivity contribution in [2.75, 3.05) is 5.73 Å². The number of carbonyl (C=O) groups is 1. The Kier molecular flexibility index (Phi) is 8.65. The first kappa shape index (κ1) is 28.3. The number of rotatable bonds is 11. The predicted octanol–water partition coefficient (Wildman–Crippen LogP) is 7.77. The zero-order valence-electron chi connectivity index (χ0n) is 23.9. The van der Waals surface area contributed by atoms with Gasteiger partial charge in [-0.05, 0) is 47.0 Å². The van der Waals surface area contributed by atoms with Crippen LogP contribution in [-0.2, 0) is 19.8 Å².